The van der Waals surface area contributed by atoms with Crippen molar-refractivity contribution in [3.05, 3.63) is 83.1 Å². The maximum absolute atomic E-state index is 13.5. The molecular formula is C25H24ClFN2O5S. The highest BCUT2D eigenvalue weighted by molar-refractivity contribution is 7.92. The first-order chi connectivity index (χ1) is 16.8. The molecule has 0 atom stereocenters. The number of carbonyl (C=O) groups excluding carboxylic acids is 1. The Labute approximate surface area is 208 Å². The zero-order chi connectivity index (χ0) is 24.8. The number of nitrogens with zero attached hydrogens (tertiary/aromatic N) is 1. The molecule has 0 spiro atoms. The van der Waals surface area contributed by atoms with Crippen LogP contribution in [0.2, 0.25) is 5.02 Å². The van der Waals surface area contributed by atoms with E-state index < -0.39 is 28.3 Å². The first kappa shape index (κ1) is 24.8. The maximum Gasteiger partial charge on any atom is 0.264 e. The summed E-state index contributed by atoms with van der Waals surface area (Å²) >= 11 is 6.16. The second-order valence-electron chi connectivity index (χ2n) is 7.84. The van der Waals surface area contributed by atoms with Gasteiger partial charge in [0.1, 0.15) is 25.6 Å². The number of ether oxygens (including phenoxy) is 2. The summed E-state index contributed by atoms with van der Waals surface area (Å²) in [6.45, 7) is 0.534. The fourth-order valence-electron chi connectivity index (χ4n) is 3.63. The summed E-state index contributed by atoms with van der Waals surface area (Å²) < 4.78 is 52.5. The molecule has 1 aliphatic rings. The third-order valence-corrected chi connectivity index (χ3v) is 7.54. The van der Waals surface area contributed by atoms with Crippen LogP contribution < -0.4 is 19.1 Å². The number of rotatable bonds is 9. The second kappa shape index (κ2) is 11.0. The zero-order valence-electron chi connectivity index (χ0n) is 18.7. The minimum atomic E-state index is -4.18. The van der Waals surface area contributed by atoms with Crippen molar-refractivity contribution < 1.29 is 27.1 Å². The zero-order valence-corrected chi connectivity index (χ0v) is 20.3. The quantitative estimate of drug-likeness (QED) is 0.429. The van der Waals surface area contributed by atoms with Crippen molar-refractivity contribution in [2.24, 2.45) is 0 Å². The highest BCUT2D eigenvalue weighted by Crippen LogP contribution is 2.34. The highest BCUT2D eigenvalue weighted by atomic mass is 35.5. The Bertz CT molecular complexity index is 1300. The average Bonchev–Trinajstić information content (AvgIpc) is 2.86. The number of sulfonamides is 1. The van der Waals surface area contributed by atoms with Gasteiger partial charge in [0.2, 0.25) is 5.91 Å². The number of benzene rings is 3. The van der Waals surface area contributed by atoms with Crippen LogP contribution >= 0.6 is 11.6 Å². The monoisotopic (exact) mass is 518 g/mol. The Morgan fingerprint density at radius 1 is 1.00 bits per heavy atom. The molecule has 0 saturated carbocycles. The number of amides is 1. The summed E-state index contributed by atoms with van der Waals surface area (Å²) in [5.41, 5.74) is 1.13. The SMILES string of the molecule is O=C(CN(c1ccc(F)cc1)S(=O)(=O)c1ccc2c(c1)OCCO2)NCCCc1ccccc1Cl. The predicted octanol–water partition coefficient (Wildman–Crippen LogP) is 4.19. The van der Waals surface area contributed by atoms with Gasteiger partial charge in [-0.05, 0) is 60.9 Å². The van der Waals surface area contributed by atoms with Crippen LogP contribution in [-0.2, 0) is 21.2 Å². The molecule has 0 bridgehead atoms. The van der Waals surface area contributed by atoms with Crippen LogP contribution in [0.25, 0.3) is 0 Å². The van der Waals surface area contributed by atoms with Crippen molar-refractivity contribution in [1.29, 1.82) is 0 Å². The van der Waals surface area contributed by atoms with Gasteiger partial charge in [0, 0.05) is 17.6 Å². The molecule has 10 heteroatoms. The largest absolute Gasteiger partial charge is 0.486 e. The minimum Gasteiger partial charge on any atom is -0.486 e. The van der Waals surface area contributed by atoms with Crippen molar-refractivity contribution in [1.82, 2.24) is 5.32 Å². The van der Waals surface area contributed by atoms with Gasteiger partial charge in [-0.1, -0.05) is 29.8 Å². The van der Waals surface area contributed by atoms with E-state index in [2.05, 4.69) is 5.32 Å². The molecule has 0 saturated heterocycles. The summed E-state index contributed by atoms with van der Waals surface area (Å²) in [7, 11) is -4.18. The lowest BCUT2D eigenvalue weighted by Gasteiger charge is -2.25. The van der Waals surface area contributed by atoms with E-state index in [-0.39, 0.29) is 10.6 Å². The number of hydrogen-bond donors (Lipinski definition) is 1. The molecule has 1 heterocycles. The Morgan fingerprint density at radius 3 is 2.46 bits per heavy atom. The van der Waals surface area contributed by atoms with Crippen molar-refractivity contribution in [2.45, 2.75) is 17.7 Å². The fourth-order valence-corrected chi connectivity index (χ4v) is 5.30. The number of nitrogens with one attached hydrogen (secondary N) is 1. The first-order valence-corrected chi connectivity index (χ1v) is 12.8. The number of carbonyl (C=O) groups is 1. The van der Waals surface area contributed by atoms with E-state index in [9.17, 15) is 17.6 Å². The summed E-state index contributed by atoms with van der Waals surface area (Å²) in [6.07, 6.45) is 1.29. The standard InChI is InChI=1S/C25H24ClFN2O5S/c26-22-6-2-1-4-18(22)5-3-13-28-25(30)17-29(20-9-7-19(27)8-10-20)35(31,32)21-11-12-23-24(16-21)34-15-14-33-23/h1-2,4,6-12,16H,3,5,13-15,17H2,(H,28,30). The maximum atomic E-state index is 13.5. The lowest BCUT2D eigenvalue weighted by atomic mass is 10.1. The Kier molecular flexibility index (Phi) is 7.77. The van der Waals surface area contributed by atoms with Crippen molar-refractivity contribution in [3.8, 4) is 11.5 Å². The van der Waals surface area contributed by atoms with Gasteiger partial charge in [0.25, 0.3) is 10.0 Å². The summed E-state index contributed by atoms with van der Waals surface area (Å²) in [5, 5.41) is 3.41. The molecular weight excluding hydrogens is 495 g/mol. The lowest BCUT2D eigenvalue weighted by molar-refractivity contribution is -0.119. The van der Waals surface area contributed by atoms with Gasteiger partial charge in [0.05, 0.1) is 10.6 Å². The lowest BCUT2D eigenvalue weighted by Crippen LogP contribution is -2.41. The molecule has 1 N–H and O–H groups in total. The second-order valence-corrected chi connectivity index (χ2v) is 10.1. The summed E-state index contributed by atoms with van der Waals surface area (Å²) in [6, 6.07) is 16.6. The van der Waals surface area contributed by atoms with Crippen molar-refractivity contribution >= 4 is 33.2 Å². The van der Waals surface area contributed by atoms with Crippen LogP contribution in [0, 0.1) is 5.82 Å². The van der Waals surface area contributed by atoms with Crippen molar-refractivity contribution in [2.75, 3.05) is 30.6 Å². The molecule has 4 rings (SSSR count). The fraction of sp³-hybridized carbons (Fsp3) is 0.240. The molecule has 0 radical (unpaired) electrons. The van der Waals surface area contributed by atoms with Crippen LogP contribution in [0.4, 0.5) is 10.1 Å². The third-order valence-electron chi connectivity index (χ3n) is 5.41. The van der Waals surface area contributed by atoms with Gasteiger partial charge in [-0.25, -0.2) is 12.8 Å². The average molecular weight is 519 g/mol. The Morgan fingerprint density at radius 2 is 1.71 bits per heavy atom. The van der Waals surface area contributed by atoms with Crippen LogP contribution in [0.15, 0.2) is 71.6 Å². The van der Waals surface area contributed by atoms with Crippen LogP contribution in [0.5, 0.6) is 11.5 Å². The first-order valence-electron chi connectivity index (χ1n) is 11.0. The van der Waals surface area contributed by atoms with Crippen LogP contribution in [0.3, 0.4) is 0 Å². The van der Waals surface area contributed by atoms with E-state index in [1.54, 1.807) is 6.07 Å². The van der Waals surface area contributed by atoms with Gasteiger partial charge in [-0.15, -0.1) is 0 Å². The van der Waals surface area contributed by atoms with E-state index in [4.69, 9.17) is 21.1 Å². The molecule has 3 aromatic carbocycles. The smallest absolute Gasteiger partial charge is 0.264 e. The Balaban J connectivity index is 1.49. The van der Waals surface area contributed by atoms with E-state index in [0.29, 0.717) is 49.1 Å². The van der Waals surface area contributed by atoms with Gasteiger partial charge in [-0.2, -0.15) is 0 Å². The van der Waals surface area contributed by atoms with E-state index >= 15 is 0 Å². The number of fused-ring (bicyclic) bond motifs is 1. The third kappa shape index (κ3) is 6.04. The summed E-state index contributed by atoms with van der Waals surface area (Å²) in [5.74, 6) is -0.260. The molecule has 7 nitrogen and oxygen atoms in total. The van der Waals surface area contributed by atoms with Gasteiger partial charge in [0.15, 0.2) is 11.5 Å². The molecule has 35 heavy (non-hydrogen) atoms. The number of aryl methyl sites for hydroxylation is 1. The van der Waals surface area contributed by atoms with Crippen molar-refractivity contribution in [3.63, 3.8) is 0 Å². The molecule has 3 aromatic rings. The summed E-state index contributed by atoms with van der Waals surface area (Å²) in [4.78, 5) is 12.6. The van der Waals surface area contributed by atoms with E-state index in [1.165, 1.54) is 30.3 Å². The Hall–Kier alpha value is -3.30. The topological polar surface area (TPSA) is 84.9 Å². The molecule has 0 fully saturated rings. The van der Waals surface area contributed by atoms with Crippen LogP contribution in [-0.4, -0.2) is 40.6 Å². The van der Waals surface area contributed by atoms with Gasteiger partial charge < -0.3 is 14.8 Å². The normalized spacial score (nSPS) is 12.7. The van der Waals surface area contributed by atoms with E-state index in [1.807, 2.05) is 18.2 Å². The number of anilines is 1. The predicted molar refractivity (Wildman–Crippen MR) is 131 cm³/mol. The molecule has 1 aliphatic heterocycles. The highest BCUT2D eigenvalue weighted by Gasteiger charge is 2.29. The minimum absolute atomic E-state index is 0.0717. The molecule has 0 aliphatic carbocycles. The molecule has 0 unspecified atom stereocenters. The van der Waals surface area contributed by atoms with Gasteiger partial charge >= 0.3 is 0 Å². The van der Waals surface area contributed by atoms with Gasteiger partial charge in [-0.3, -0.25) is 9.10 Å². The number of hydrogen-bond acceptors (Lipinski definition) is 5. The molecule has 1 amide bonds. The number of halogens is 2. The molecule has 184 valence electrons. The van der Waals surface area contributed by atoms with E-state index in [0.717, 1.165) is 22.0 Å². The molecule has 0 aromatic heterocycles. The van der Waals surface area contributed by atoms with Crippen LogP contribution in [0.1, 0.15) is 12.0 Å².